The van der Waals surface area contributed by atoms with Gasteiger partial charge in [-0.1, -0.05) is 11.2 Å². The zero-order valence-corrected chi connectivity index (χ0v) is 17.2. The van der Waals surface area contributed by atoms with E-state index in [9.17, 15) is 14.3 Å². The first kappa shape index (κ1) is 19.5. The Labute approximate surface area is 180 Å². The number of benzene rings is 1. The van der Waals surface area contributed by atoms with E-state index in [1.54, 1.807) is 16.5 Å². The fraction of sp³-hybridized carbons (Fsp3) is 0.429. The number of imidazole rings is 1. The summed E-state index contributed by atoms with van der Waals surface area (Å²) in [6, 6.07) is 4.69. The molecule has 0 atom stereocenters. The maximum atomic E-state index is 14.9. The second kappa shape index (κ2) is 7.19. The third kappa shape index (κ3) is 3.04. The highest BCUT2D eigenvalue weighted by Gasteiger charge is 2.47. The summed E-state index contributed by atoms with van der Waals surface area (Å²) in [4.78, 5) is 24.4. The molecule has 1 aliphatic heterocycles. The van der Waals surface area contributed by atoms with Gasteiger partial charge in [0.1, 0.15) is 28.8 Å². The van der Waals surface area contributed by atoms with E-state index in [1.807, 2.05) is 0 Å². The molecule has 4 heterocycles. The molecule has 1 N–H and O–H groups in total. The van der Waals surface area contributed by atoms with Crippen molar-refractivity contribution in [2.45, 2.75) is 25.0 Å². The van der Waals surface area contributed by atoms with Crippen molar-refractivity contribution in [3.63, 3.8) is 0 Å². The smallest absolute Gasteiger partial charge is 0.279 e. The monoisotopic (exact) mass is 440 g/mol. The molecule has 10 nitrogen and oxygen atoms in total. The highest BCUT2D eigenvalue weighted by atomic mass is 19.1. The van der Waals surface area contributed by atoms with Crippen LogP contribution < -0.4 is 5.56 Å². The number of hydrogen-bond donors (Lipinski definition) is 1. The first-order valence-electron chi connectivity index (χ1n) is 10.6. The van der Waals surface area contributed by atoms with Crippen LogP contribution in [-0.2, 0) is 16.9 Å². The van der Waals surface area contributed by atoms with Crippen molar-refractivity contribution in [2.24, 2.45) is 0 Å². The second-order valence-electron chi connectivity index (χ2n) is 8.28. The zero-order valence-electron chi connectivity index (χ0n) is 17.2. The van der Waals surface area contributed by atoms with Crippen LogP contribution in [0.3, 0.4) is 0 Å². The topological polar surface area (TPSA) is 111 Å². The van der Waals surface area contributed by atoms with Crippen molar-refractivity contribution in [3.8, 4) is 11.6 Å². The molecule has 1 aromatic carbocycles. The summed E-state index contributed by atoms with van der Waals surface area (Å²) in [5.74, 6) is -0.238. The number of ether oxygens (including phenoxy) is 1. The predicted octanol–water partition coefficient (Wildman–Crippen LogP) is 1.15. The summed E-state index contributed by atoms with van der Waals surface area (Å²) in [6.07, 6.45) is 2.58. The van der Waals surface area contributed by atoms with Crippen LogP contribution in [0.4, 0.5) is 4.39 Å². The molecule has 6 rings (SSSR count). The Hall–Kier alpha value is -3.15. The highest BCUT2D eigenvalue weighted by molar-refractivity contribution is 5.83. The van der Waals surface area contributed by atoms with Gasteiger partial charge in [0.15, 0.2) is 5.69 Å². The number of para-hydroxylation sites is 1. The van der Waals surface area contributed by atoms with Gasteiger partial charge < -0.3 is 18.9 Å². The molecule has 166 valence electrons. The summed E-state index contributed by atoms with van der Waals surface area (Å²) in [5.41, 5.74) is -0.284. The number of aromatic nitrogens is 5. The maximum absolute atomic E-state index is 14.9. The van der Waals surface area contributed by atoms with Crippen LogP contribution in [0.5, 0.6) is 0 Å². The molecule has 4 aromatic rings. The molecule has 0 unspecified atom stereocenters. The average Bonchev–Trinajstić information content (AvgIpc) is 3.19. The third-order valence-corrected chi connectivity index (χ3v) is 6.22. The van der Waals surface area contributed by atoms with Gasteiger partial charge in [0.25, 0.3) is 11.4 Å². The van der Waals surface area contributed by atoms with E-state index in [0.29, 0.717) is 44.7 Å². The van der Waals surface area contributed by atoms with E-state index < -0.39 is 17.0 Å². The van der Waals surface area contributed by atoms with Crippen molar-refractivity contribution in [2.75, 3.05) is 32.8 Å². The van der Waals surface area contributed by atoms with E-state index >= 15 is 0 Å². The van der Waals surface area contributed by atoms with Gasteiger partial charge in [0.05, 0.1) is 18.7 Å². The summed E-state index contributed by atoms with van der Waals surface area (Å²) in [6.45, 7) is 3.71. The van der Waals surface area contributed by atoms with Crippen molar-refractivity contribution in [1.29, 1.82) is 0 Å². The number of morpholine rings is 1. The van der Waals surface area contributed by atoms with Crippen LogP contribution in [0.1, 0.15) is 18.7 Å². The van der Waals surface area contributed by atoms with Gasteiger partial charge >= 0.3 is 0 Å². The third-order valence-electron chi connectivity index (χ3n) is 6.22. The van der Waals surface area contributed by atoms with Crippen LogP contribution in [0.15, 0.2) is 33.8 Å². The fourth-order valence-electron chi connectivity index (χ4n) is 4.22. The van der Waals surface area contributed by atoms with Crippen LogP contribution in [0, 0.1) is 5.82 Å². The lowest BCUT2D eigenvalue weighted by atomic mass is 10.2. The molecule has 3 aromatic heterocycles. The Bertz CT molecular complexity index is 1380. The van der Waals surface area contributed by atoms with Crippen molar-refractivity contribution in [1.82, 2.24) is 29.0 Å². The molecule has 0 spiro atoms. The first-order chi connectivity index (χ1) is 15.5. The standard InChI is InChI=1S/C21H21FN6O4/c22-13-2-1-3-14-16(13)27(7-6-26-8-10-31-11-9-26)19(29)17-15(23-12-28(14)17)18-24-20(25-32-18)21(30)4-5-21/h1-3,12,30H,4-11H2. The number of fused-ring (bicyclic) bond motifs is 3. The predicted molar refractivity (Wildman–Crippen MR) is 111 cm³/mol. The number of halogens is 1. The van der Waals surface area contributed by atoms with Gasteiger partial charge in [-0.3, -0.25) is 14.1 Å². The molecule has 1 saturated heterocycles. The fourth-order valence-corrected chi connectivity index (χ4v) is 4.22. The molecule has 2 aliphatic rings. The van der Waals surface area contributed by atoms with E-state index in [0.717, 1.165) is 13.1 Å². The van der Waals surface area contributed by atoms with Gasteiger partial charge in [0.2, 0.25) is 5.82 Å². The molecule has 0 amide bonds. The molecular weight excluding hydrogens is 419 g/mol. The summed E-state index contributed by atoms with van der Waals surface area (Å²) < 4.78 is 28.6. The SMILES string of the molecule is O=c1c2c(-c3nc(C4(O)CC4)no3)ncn2c2cccc(F)c2n1CCN1CCOCC1. The normalized spacial score (nSPS) is 18.6. The minimum Gasteiger partial charge on any atom is -0.382 e. The molecule has 1 saturated carbocycles. The van der Waals surface area contributed by atoms with Gasteiger partial charge in [0, 0.05) is 26.2 Å². The lowest BCUT2D eigenvalue weighted by Crippen LogP contribution is -2.39. The Balaban J connectivity index is 1.50. The van der Waals surface area contributed by atoms with E-state index in [1.165, 1.54) is 17.0 Å². The average molecular weight is 440 g/mol. The lowest BCUT2D eigenvalue weighted by molar-refractivity contribution is 0.0364. The molecule has 11 heteroatoms. The molecule has 1 aliphatic carbocycles. The van der Waals surface area contributed by atoms with E-state index in [2.05, 4.69) is 20.0 Å². The quantitative estimate of drug-likeness (QED) is 0.492. The molecule has 32 heavy (non-hydrogen) atoms. The lowest BCUT2D eigenvalue weighted by Gasteiger charge is -2.27. The summed E-state index contributed by atoms with van der Waals surface area (Å²) in [7, 11) is 0. The highest BCUT2D eigenvalue weighted by Crippen LogP contribution is 2.44. The van der Waals surface area contributed by atoms with Crippen LogP contribution in [0.2, 0.25) is 0 Å². The second-order valence-corrected chi connectivity index (χ2v) is 8.28. The number of rotatable bonds is 5. The molecule has 2 fully saturated rings. The Morgan fingerprint density at radius 3 is 2.75 bits per heavy atom. The van der Waals surface area contributed by atoms with Gasteiger partial charge in [-0.05, 0) is 25.0 Å². The Morgan fingerprint density at radius 1 is 1.16 bits per heavy atom. The van der Waals surface area contributed by atoms with E-state index in [4.69, 9.17) is 9.26 Å². The Morgan fingerprint density at radius 2 is 1.97 bits per heavy atom. The summed E-state index contributed by atoms with van der Waals surface area (Å²) in [5, 5.41) is 14.1. The maximum Gasteiger partial charge on any atom is 0.279 e. The number of hydrogen-bond acceptors (Lipinski definition) is 8. The van der Waals surface area contributed by atoms with Crippen LogP contribution in [0.25, 0.3) is 28.1 Å². The largest absolute Gasteiger partial charge is 0.382 e. The van der Waals surface area contributed by atoms with Gasteiger partial charge in [-0.25, -0.2) is 9.37 Å². The van der Waals surface area contributed by atoms with Gasteiger partial charge in [-0.2, -0.15) is 4.98 Å². The first-order valence-corrected chi connectivity index (χ1v) is 10.6. The van der Waals surface area contributed by atoms with Crippen LogP contribution >= 0.6 is 0 Å². The molecule has 0 radical (unpaired) electrons. The van der Waals surface area contributed by atoms with Crippen LogP contribution in [-0.4, -0.2) is 66.9 Å². The minimum atomic E-state index is -1.06. The zero-order chi connectivity index (χ0) is 21.9. The van der Waals surface area contributed by atoms with Gasteiger partial charge in [-0.15, -0.1) is 0 Å². The van der Waals surface area contributed by atoms with Crippen molar-refractivity contribution < 1.29 is 18.8 Å². The molecular formula is C21H21FN6O4. The Kier molecular flexibility index (Phi) is 4.39. The summed E-state index contributed by atoms with van der Waals surface area (Å²) >= 11 is 0. The van der Waals surface area contributed by atoms with Crippen molar-refractivity contribution in [3.05, 3.63) is 46.5 Å². The minimum absolute atomic E-state index is 0.0513. The molecule has 0 bridgehead atoms. The van der Waals surface area contributed by atoms with Crippen molar-refractivity contribution >= 4 is 16.6 Å². The van der Waals surface area contributed by atoms with E-state index in [-0.39, 0.29) is 28.4 Å². The number of nitrogens with zero attached hydrogens (tertiary/aromatic N) is 6. The number of aliphatic hydroxyl groups is 1.